The average Bonchev–Trinajstić information content (AvgIpc) is 2.46. The molecule has 0 amide bonds. The third-order valence-corrected chi connectivity index (χ3v) is 3.23. The van der Waals surface area contributed by atoms with Crippen molar-refractivity contribution in [2.75, 3.05) is 30.3 Å². The Kier molecular flexibility index (Phi) is 4.92. The molecule has 2 N–H and O–H groups in total. The Labute approximate surface area is 118 Å². The van der Waals surface area contributed by atoms with Gasteiger partial charge in [-0.15, -0.1) is 0 Å². The fourth-order valence-corrected chi connectivity index (χ4v) is 2.32. The molecule has 0 saturated carbocycles. The summed E-state index contributed by atoms with van der Waals surface area (Å²) >= 11 is 0. The van der Waals surface area contributed by atoms with E-state index in [1.807, 2.05) is 12.1 Å². The first-order chi connectivity index (χ1) is 9.69. The second-order valence-corrected chi connectivity index (χ2v) is 4.73. The second kappa shape index (κ2) is 6.88. The summed E-state index contributed by atoms with van der Waals surface area (Å²) in [6.45, 7) is 3.97. The van der Waals surface area contributed by atoms with Gasteiger partial charge in [0.1, 0.15) is 5.82 Å². The Bertz CT molecular complexity index is 490. The standard InChI is InChI=1S/C14H20N4O2/c1-2-20-13(19)6-5-11-4-3-9-18(10-11)12-7-8-16-14(15)17-12/h5-8,11H,2-4,9-10H2,1H3,(H2,15,16,17)/b6-5+/t11-/m0/s1. The number of rotatable bonds is 4. The highest BCUT2D eigenvalue weighted by Gasteiger charge is 2.19. The van der Waals surface area contributed by atoms with E-state index in [1.54, 1.807) is 13.1 Å². The maximum atomic E-state index is 11.3. The van der Waals surface area contributed by atoms with Crippen LogP contribution in [-0.4, -0.2) is 35.6 Å². The van der Waals surface area contributed by atoms with Gasteiger partial charge >= 0.3 is 5.97 Å². The number of ether oxygens (including phenoxy) is 1. The van der Waals surface area contributed by atoms with E-state index in [2.05, 4.69) is 14.9 Å². The predicted octanol–water partition coefficient (Wildman–Crippen LogP) is 1.39. The van der Waals surface area contributed by atoms with Gasteiger partial charge in [-0.05, 0) is 31.7 Å². The number of nitrogen functional groups attached to an aromatic ring is 1. The van der Waals surface area contributed by atoms with Crippen molar-refractivity contribution in [2.45, 2.75) is 19.8 Å². The van der Waals surface area contributed by atoms with Gasteiger partial charge in [0.15, 0.2) is 0 Å². The number of piperidine rings is 1. The molecule has 1 aromatic rings. The molecule has 0 aliphatic carbocycles. The predicted molar refractivity (Wildman–Crippen MR) is 77.2 cm³/mol. The molecule has 1 aliphatic rings. The first kappa shape index (κ1) is 14.3. The number of hydrogen-bond acceptors (Lipinski definition) is 6. The Balaban J connectivity index is 1.96. The summed E-state index contributed by atoms with van der Waals surface area (Å²) in [7, 11) is 0. The summed E-state index contributed by atoms with van der Waals surface area (Å²) in [5.41, 5.74) is 5.61. The van der Waals surface area contributed by atoms with Crippen molar-refractivity contribution in [1.29, 1.82) is 0 Å². The highest BCUT2D eigenvalue weighted by molar-refractivity contribution is 5.81. The molecule has 2 rings (SSSR count). The van der Waals surface area contributed by atoms with Crippen LogP contribution in [0.15, 0.2) is 24.4 Å². The fraction of sp³-hybridized carbons (Fsp3) is 0.500. The molecule has 0 aromatic carbocycles. The SMILES string of the molecule is CCOC(=O)/C=C/[C@@H]1CCCN(c2ccnc(N)n2)C1. The monoisotopic (exact) mass is 276 g/mol. The molecule has 0 bridgehead atoms. The highest BCUT2D eigenvalue weighted by Crippen LogP contribution is 2.22. The van der Waals surface area contributed by atoms with E-state index < -0.39 is 0 Å². The quantitative estimate of drug-likeness (QED) is 0.661. The van der Waals surface area contributed by atoms with Crippen LogP contribution in [0.1, 0.15) is 19.8 Å². The zero-order valence-electron chi connectivity index (χ0n) is 11.7. The zero-order valence-corrected chi connectivity index (χ0v) is 11.7. The number of anilines is 2. The number of carbonyl (C=O) groups is 1. The average molecular weight is 276 g/mol. The molecule has 0 spiro atoms. The first-order valence-electron chi connectivity index (χ1n) is 6.87. The summed E-state index contributed by atoms with van der Waals surface area (Å²) in [5, 5.41) is 0. The van der Waals surface area contributed by atoms with Crippen LogP contribution in [0.2, 0.25) is 0 Å². The Morgan fingerprint density at radius 2 is 2.50 bits per heavy atom. The van der Waals surface area contributed by atoms with E-state index in [1.165, 1.54) is 6.08 Å². The van der Waals surface area contributed by atoms with E-state index >= 15 is 0 Å². The fourth-order valence-electron chi connectivity index (χ4n) is 2.32. The van der Waals surface area contributed by atoms with Crippen LogP contribution in [0.3, 0.4) is 0 Å². The highest BCUT2D eigenvalue weighted by atomic mass is 16.5. The van der Waals surface area contributed by atoms with E-state index in [4.69, 9.17) is 10.5 Å². The van der Waals surface area contributed by atoms with Crippen LogP contribution in [0.4, 0.5) is 11.8 Å². The number of esters is 1. The van der Waals surface area contributed by atoms with Gasteiger partial charge in [0.05, 0.1) is 6.61 Å². The first-order valence-corrected chi connectivity index (χ1v) is 6.87. The Hall–Kier alpha value is -2.11. The summed E-state index contributed by atoms with van der Waals surface area (Å²) in [5.74, 6) is 1.17. The van der Waals surface area contributed by atoms with Crippen molar-refractivity contribution >= 4 is 17.7 Å². The van der Waals surface area contributed by atoms with Crippen molar-refractivity contribution in [1.82, 2.24) is 9.97 Å². The lowest BCUT2D eigenvalue weighted by atomic mass is 9.97. The van der Waals surface area contributed by atoms with Gasteiger partial charge in [0.2, 0.25) is 5.95 Å². The van der Waals surface area contributed by atoms with E-state index in [-0.39, 0.29) is 11.9 Å². The number of hydrogen-bond donors (Lipinski definition) is 1. The minimum atomic E-state index is -0.282. The lowest BCUT2D eigenvalue weighted by Gasteiger charge is -2.32. The largest absolute Gasteiger partial charge is 0.463 e. The van der Waals surface area contributed by atoms with Gasteiger partial charge < -0.3 is 15.4 Å². The molecule has 6 heteroatoms. The molecule has 1 atom stereocenters. The molecule has 1 fully saturated rings. The van der Waals surface area contributed by atoms with E-state index in [0.29, 0.717) is 12.5 Å². The molecule has 1 aromatic heterocycles. The third-order valence-electron chi connectivity index (χ3n) is 3.23. The van der Waals surface area contributed by atoms with Crippen LogP contribution in [-0.2, 0) is 9.53 Å². The minimum Gasteiger partial charge on any atom is -0.463 e. The summed E-state index contributed by atoms with van der Waals surface area (Å²) in [6.07, 6.45) is 7.23. The van der Waals surface area contributed by atoms with Crippen LogP contribution < -0.4 is 10.6 Å². The molecule has 20 heavy (non-hydrogen) atoms. The molecule has 1 aliphatic heterocycles. The molecule has 2 heterocycles. The maximum Gasteiger partial charge on any atom is 0.330 e. The Morgan fingerprint density at radius 1 is 1.65 bits per heavy atom. The van der Waals surface area contributed by atoms with Crippen LogP contribution in [0, 0.1) is 5.92 Å². The number of carbonyl (C=O) groups excluding carboxylic acids is 1. The summed E-state index contributed by atoms with van der Waals surface area (Å²) < 4.78 is 4.88. The van der Waals surface area contributed by atoms with Crippen LogP contribution >= 0.6 is 0 Å². The molecular weight excluding hydrogens is 256 g/mol. The number of nitrogens with zero attached hydrogens (tertiary/aromatic N) is 3. The minimum absolute atomic E-state index is 0.282. The van der Waals surface area contributed by atoms with Gasteiger partial charge in [-0.2, -0.15) is 4.98 Å². The van der Waals surface area contributed by atoms with Gasteiger partial charge in [-0.3, -0.25) is 0 Å². The lowest BCUT2D eigenvalue weighted by Crippen LogP contribution is -2.35. The molecule has 6 nitrogen and oxygen atoms in total. The maximum absolute atomic E-state index is 11.3. The molecule has 0 unspecified atom stereocenters. The molecular formula is C14H20N4O2. The number of aromatic nitrogens is 2. The lowest BCUT2D eigenvalue weighted by molar-refractivity contribution is -0.137. The smallest absolute Gasteiger partial charge is 0.330 e. The van der Waals surface area contributed by atoms with Gasteiger partial charge in [0, 0.05) is 25.4 Å². The normalized spacial score (nSPS) is 19.2. The van der Waals surface area contributed by atoms with Gasteiger partial charge in [-0.1, -0.05) is 6.08 Å². The van der Waals surface area contributed by atoms with Crippen molar-refractivity contribution in [2.24, 2.45) is 5.92 Å². The van der Waals surface area contributed by atoms with Crippen LogP contribution in [0.25, 0.3) is 0 Å². The summed E-state index contributed by atoms with van der Waals surface area (Å²) in [4.78, 5) is 21.6. The Morgan fingerprint density at radius 3 is 3.25 bits per heavy atom. The zero-order chi connectivity index (χ0) is 14.4. The van der Waals surface area contributed by atoms with Crippen molar-refractivity contribution in [3.05, 3.63) is 24.4 Å². The van der Waals surface area contributed by atoms with E-state index in [0.717, 1.165) is 31.7 Å². The second-order valence-electron chi connectivity index (χ2n) is 4.73. The van der Waals surface area contributed by atoms with Crippen molar-refractivity contribution in [3.63, 3.8) is 0 Å². The number of nitrogens with two attached hydrogens (primary N) is 1. The molecule has 1 saturated heterocycles. The topological polar surface area (TPSA) is 81.3 Å². The van der Waals surface area contributed by atoms with Crippen molar-refractivity contribution in [3.8, 4) is 0 Å². The molecule has 108 valence electrons. The summed E-state index contributed by atoms with van der Waals surface area (Å²) in [6, 6.07) is 1.85. The van der Waals surface area contributed by atoms with E-state index in [9.17, 15) is 4.79 Å². The molecule has 0 radical (unpaired) electrons. The third kappa shape index (κ3) is 3.94. The van der Waals surface area contributed by atoms with Gasteiger partial charge in [0.25, 0.3) is 0 Å². The van der Waals surface area contributed by atoms with Crippen molar-refractivity contribution < 1.29 is 9.53 Å². The van der Waals surface area contributed by atoms with Gasteiger partial charge in [-0.25, -0.2) is 9.78 Å². The van der Waals surface area contributed by atoms with Crippen LogP contribution in [0.5, 0.6) is 0 Å².